The van der Waals surface area contributed by atoms with E-state index in [4.69, 9.17) is 4.74 Å². The van der Waals surface area contributed by atoms with E-state index in [1.54, 1.807) is 6.92 Å². The van der Waals surface area contributed by atoms with Gasteiger partial charge in [-0.15, -0.1) is 0 Å². The number of hydrogen-bond acceptors (Lipinski definition) is 4. The van der Waals surface area contributed by atoms with Crippen LogP contribution in [0.1, 0.15) is 45.1 Å². The van der Waals surface area contributed by atoms with Crippen molar-refractivity contribution in [3.63, 3.8) is 0 Å². The zero-order valence-electron chi connectivity index (χ0n) is 13.0. The predicted molar refractivity (Wildman–Crippen MR) is 81.4 cm³/mol. The molecule has 0 saturated carbocycles. The molecule has 4 nitrogen and oxygen atoms in total. The van der Waals surface area contributed by atoms with Crippen molar-refractivity contribution in [2.75, 3.05) is 13.1 Å². The SMILES string of the molecule is CC(C)c1ccccc1OC(=O)C(C)(CC=O)N1CCC1. The summed E-state index contributed by atoms with van der Waals surface area (Å²) < 4.78 is 5.64. The Labute approximate surface area is 126 Å². The molecule has 21 heavy (non-hydrogen) atoms. The van der Waals surface area contributed by atoms with Crippen LogP contribution in [0.5, 0.6) is 5.75 Å². The second kappa shape index (κ2) is 6.39. The molecule has 1 atom stereocenters. The van der Waals surface area contributed by atoms with Crippen molar-refractivity contribution in [2.24, 2.45) is 0 Å². The summed E-state index contributed by atoms with van der Waals surface area (Å²) in [7, 11) is 0. The van der Waals surface area contributed by atoms with Gasteiger partial charge < -0.3 is 9.53 Å². The van der Waals surface area contributed by atoms with Crippen LogP contribution in [-0.4, -0.2) is 35.8 Å². The summed E-state index contributed by atoms with van der Waals surface area (Å²) in [5.74, 6) is 0.521. The van der Waals surface area contributed by atoms with Gasteiger partial charge >= 0.3 is 5.97 Å². The molecule has 1 aliphatic heterocycles. The number of ether oxygens (including phenoxy) is 1. The van der Waals surface area contributed by atoms with Crippen LogP contribution in [0, 0.1) is 0 Å². The van der Waals surface area contributed by atoms with Crippen molar-refractivity contribution in [2.45, 2.75) is 45.1 Å². The third-order valence-corrected chi connectivity index (χ3v) is 4.22. The van der Waals surface area contributed by atoms with Crippen molar-refractivity contribution in [3.05, 3.63) is 29.8 Å². The maximum atomic E-state index is 12.6. The molecule has 1 saturated heterocycles. The molecule has 4 heteroatoms. The number of benzene rings is 1. The molecule has 1 fully saturated rings. The summed E-state index contributed by atoms with van der Waals surface area (Å²) in [6, 6.07) is 7.57. The van der Waals surface area contributed by atoms with Gasteiger partial charge in [0.15, 0.2) is 0 Å². The molecule has 2 rings (SSSR count). The van der Waals surface area contributed by atoms with Gasteiger partial charge in [0.2, 0.25) is 0 Å². The van der Waals surface area contributed by atoms with Crippen LogP contribution in [0.2, 0.25) is 0 Å². The molecule has 1 unspecified atom stereocenters. The highest BCUT2D eigenvalue weighted by Crippen LogP contribution is 2.30. The largest absolute Gasteiger partial charge is 0.425 e. The van der Waals surface area contributed by atoms with E-state index in [-0.39, 0.29) is 18.3 Å². The Bertz CT molecular complexity index is 523. The number of nitrogens with zero attached hydrogens (tertiary/aromatic N) is 1. The summed E-state index contributed by atoms with van der Waals surface area (Å²) in [6.45, 7) is 7.59. The predicted octanol–water partition coefficient (Wildman–Crippen LogP) is 2.77. The lowest BCUT2D eigenvalue weighted by molar-refractivity contribution is -0.152. The molecule has 0 spiro atoms. The highest BCUT2D eigenvalue weighted by Gasteiger charge is 2.43. The van der Waals surface area contributed by atoms with Gasteiger partial charge in [0.1, 0.15) is 17.6 Å². The molecule has 1 aromatic rings. The summed E-state index contributed by atoms with van der Waals surface area (Å²) in [5, 5.41) is 0. The van der Waals surface area contributed by atoms with Gasteiger partial charge in [-0.1, -0.05) is 32.0 Å². The lowest BCUT2D eigenvalue weighted by Crippen LogP contribution is -2.59. The number of rotatable bonds is 6. The molecule has 0 aromatic heterocycles. The molecule has 1 aliphatic rings. The van der Waals surface area contributed by atoms with E-state index in [2.05, 4.69) is 13.8 Å². The standard InChI is InChI=1S/C17H23NO3/c1-13(2)14-7-4-5-8-15(14)21-16(20)17(3,9-12-19)18-10-6-11-18/h4-5,7-8,12-13H,6,9-11H2,1-3H3. The summed E-state index contributed by atoms with van der Waals surface area (Å²) in [4.78, 5) is 25.6. The second-order valence-corrected chi connectivity index (χ2v) is 6.07. The van der Waals surface area contributed by atoms with Gasteiger partial charge in [-0.05, 0) is 30.9 Å². The number of esters is 1. The fourth-order valence-corrected chi connectivity index (χ4v) is 2.57. The third kappa shape index (κ3) is 3.16. The normalized spacial score (nSPS) is 17.9. The number of hydrogen-bond donors (Lipinski definition) is 0. The van der Waals surface area contributed by atoms with Crippen molar-refractivity contribution in [3.8, 4) is 5.75 Å². The number of carbonyl (C=O) groups is 2. The molecule has 0 bridgehead atoms. The third-order valence-electron chi connectivity index (χ3n) is 4.22. The number of carbonyl (C=O) groups excluding carboxylic acids is 2. The van der Waals surface area contributed by atoms with E-state index < -0.39 is 5.54 Å². The fraction of sp³-hybridized carbons (Fsp3) is 0.529. The fourth-order valence-electron chi connectivity index (χ4n) is 2.57. The molecular weight excluding hydrogens is 266 g/mol. The average Bonchev–Trinajstić information content (AvgIpc) is 2.37. The van der Waals surface area contributed by atoms with Crippen molar-refractivity contribution >= 4 is 12.3 Å². The van der Waals surface area contributed by atoms with Crippen LogP contribution in [-0.2, 0) is 9.59 Å². The minimum atomic E-state index is -0.857. The minimum Gasteiger partial charge on any atom is -0.425 e. The van der Waals surface area contributed by atoms with Gasteiger partial charge in [0.05, 0.1) is 0 Å². The van der Waals surface area contributed by atoms with Crippen LogP contribution in [0.4, 0.5) is 0 Å². The zero-order valence-corrected chi connectivity index (χ0v) is 13.0. The van der Waals surface area contributed by atoms with Crippen LogP contribution >= 0.6 is 0 Å². The highest BCUT2D eigenvalue weighted by molar-refractivity contribution is 5.85. The van der Waals surface area contributed by atoms with Gasteiger partial charge in [-0.3, -0.25) is 4.90 Å². The van der Waals surface area contributed by atoms with Crippen molar-refractivity contribution in [1.82, 2.24) is 4.90 Å². The summed E-state index contributed by atoms with van der Waals surface area (Å²) in [5.41, 5.74) is 0.146. The Morgan fingerprint density at radius 2 is 2.05 bits per heavy atom. The maximum Gasteiger partial charge on any atom is 0.332 e. The number of aldehydes is 1. The van der Waals surface area contributed by atoms with Crippen LogP contribution in [0.25, 0.3) is 0 Å². The quantitative estimate of drug-likeness (QED) is 0.459. The first-order chi connectivity index (χ1) is 9.99. The van der Waals surface area contributed by atoms with Crippen molar-refractivity contribution in [1.29, 1.82) is 0 Å². The molecule has 0 amide bonds. The molecular formula is C17H23NO3. The monoisotopic (exact) mass is 289 g/mol. The van der Waals surface area contributed by atoms with E-state index in [1.807, 2.05) is 29.2 Å². The lowest BCUT2D eigenvalue weighted by atomic mass is 9.92. The first-order valence-corrected chi connectivity index (χ1v) is 7.49. The van der Waals surface area contributed by atoms with Crippen LogP contribution in [0.3, 0.4) is 0 Å². The first-order valence-electron chi connectivity index (χ1n) is 7.49. The molecule has 0 N–H and O–H groups in total. The summed E-state index contributed by atoms with van der Waals surface area (Å²) in [6.07, 6.45) is 2.02. The Balaban J connectivity index is 2.21. The Hall–Kier alpha value is -1.68. The highest BCUT2D eigenvalue weighted by atomic mass is 16.5. The van der Waals surface area contributed by atoms with E-state index in [0.717, 1.165) is 31.4 Å². The topological polar surface area (TPSA) is 46.6 Å². The number of likely N-dealkylation sites (tertiary alicyclic amines) is 1. The Morgan fingerprint density at radius 1 is 1.38 bits per heavy atom. The Kier molecular flexibility index (Phi) is 4.78. The van der Waals surface area contributed by atoms with Crippen molar-refractivity contribution < 1.29 is 14.3 Å². The summed E-state index contributed by atoms with van der Waals surface area (Å²) >= 11 is 0. The minimum absolute atomic E-state index is 0.162. The second-order valence-electron chi connectivity index (χ2n) is 6.07. The van der Waals surface area contributed by atoms with Crippen LogP contribution in [0.15, 0.2) is 24.3 Å². The Morgan fingerprint density at radius 3 is 2.57 bits per heavy atom. The first kappa shape index (κ1) is 15.7. The van der Waals surface area contributed by atoms with E-state index >= 15 is 0 Å². The average molecular weight is 289 g/mol. The number of para-hydroxylation sites is 1. The molecule has 0 aliphatic carbocycles. The molecule has 114 valence electrons. The molecule has 1 heterocycles. The lowest BCUT2D eigenvalue weighted by Gasteiger charge is -2.43. The molecule has 1 aromatic carbocycles. The van der Waals surface area contributed by atoms with E-state index in [1.165, 1.54) is 0 Å². The van der Waals surface area contributed by atoms with E-state index in [9.17, 15) is 9.59 Å². The van der Waals surface area contributed by atoms with Crippen LogP contribution < -0.4 is 4.74 Å². The van der Waals surface area contributed by atoms with Gasteiger partial charge in [-0.2, -0.15) is 0 Å². The molecule has 0 radical (unpaired) electrons. The van der Waals surface area contributed by atoms with Gasteiger partial charge in [-0.25, -0.2) is 4.79 Å². The van der Waals surface area contributed by atoms with Gasteiger partial charge in [0, 0.05) is 19.5 Å². The van der Waals surface area contributed by atoms with E-state index in [0.29, 0.717) is 5.75 Å². The smallest absolute Gasteiger partial charge is 0.332 e. The van der Waals surface area contributed by atoms with Gasteiger partial charge in [0.25, 0.3) is 0 Å². The maximum absolute atomic E-state index is 12.6. The zero-order chi connectivity index (χ0) is 15.5.